The SMILES string of the molecule is C=CC(=O)OCC(CCCC(CC)C(F)(F)C(F)(F)F)C(F)(F)C(F)(F)F. The van der Waals surface area contributed by atoms with Crippen molar-refractivity contribution in [2.24, 2.45) is 11.8 Å². The molecule has 0 saturated carbocycles. The summed E-state index contributed by atoms with van der Waals surface area (Å²) >= 11 is 0. The second-order valence-electron chi connectivity index (χ2n) is 5.81. The van der Waals surface area contributed by atoms with E-state index in [1.54, 1.807) is 0 Å². The van der Waals surface area contributed by atoms with Gasteiger partial charge in [0.1, 0.15) is 6.61 Å². The van der Waals surface area contributed by atoms with E-state index < -0.39 is 74.3 Å². The van der Waals surface area contributed by atoms with Crippen LogP contribution in [0.2, 0.25) is 0 Å². The van der Waals surface area contributed by atoms with Crippen LogP contribution in [0, 0.1) is 11.8 Å². The van der Waals surface area contributed by atoms with Crippen LogP contribution in [0.15, 0.2) is 12.7 Å². The molecule has 0 aromatic rings. The van der Waals surface area contributed by atoms with Gasteiger partial charge in [-0.05, 0) is 19.3 Å². The molecule has 0 saturated heterocycles. The van der Waals surface area contributed by atoms with Crippen molar-refractivity contribution in [2.75, 3.05) is 6.61 Å². The fraction of sp³-hybridized carbons (Fsp3) is 0.800. The highest BCUT2D eigenvalue weighted by molar-refractivity contribution is 5.81. The molecule has 0 spiro atoms. The molecule has 2 atom stereocenters. The van der Waals surface area contributed by atoms with Gasteiger partial charge in [-0.1, -0.05) is 19.9 Å². The molecule has 2 nitrogen and oxygen atoms in total. The Kier molecular flexibility index (Phi) is 8.63. The van der Waals surface area contributed by atoms with Crippen molar-refractivity contribution in [1.29, 1.82) is 0 Å². The summed E-state index contributed by atoms with van der Waals surface area (Å²) in [6.07, 6.45) is -14.9. The van der Waals surface area contributed by atoms with E-state index in [-0.39, 0.29) is 0 Å². The Morgan fingerprint density at radius 1 is 0.889 bits per heavy atom. The molecule has 0 rings (SSSR count). The topological polar surface area (TPSA) is 26.3 Å². The van der Waals surface area contributed by atoms with E-state index >= 15 is 0 Å². The number of carbonyl (C=O) groups is 1. The quantitative estimate of drug-likeness (QED) is 0.249. The second-order valence-corrected chi connectivity index (χ2v) is 5.81. The van der Waals surface area contributed by atoms with E-state index in [2.05, 4.69) is 11.3 Å². The fourth-order valence-electron chi connectivity index (χ4n) is 2.33. The zero-order valence-corrected chi connectivity index (χ0v) is 14.1. The summed E-state index contributed by atoms with van der Waals surface area (Å²) in [6.45, 7) is 2.53. The monoisotopic (exact) mass is 420 g/mol. The van der Waals surface area contributed by atoms with Gasteiger partial charge in [0.15, 0.2) is 0 Å². The van der Waals surface area contributed by atoms with E-state index in [4.69, 9.17) is 0 Å². The van der Waals surface area contributed by atoms with E-state index in [1.165, 1.54) is 0 Å². The van der Waals surface area contributed by atoms with E-state index in [9.17, 15) is 48.7 Å². The van der Waals surface area contributed by atoms with Gasteiger partial charge in [0.05, 0.1) is 5.92 Å². The molecule has 12 heteroatoms. The zero-order chi connectivity index (χ0) is 21.7. The highest BCUT2D eigenvalue weighted by atomic mass is 19.4. The highest BCUT2D eigenvalue weighted by Gasteiger charge is 2.63. The number of hydrogen-bond acceptors (Lipinski definition) is 2. The van der Waals surface area contributed by atoms with Crippen molar-refractivity contribution >= 4 is 5.97 Å². The maximum absolute atomic E-state index is 13.5. The smallest absolute Gasteiger partial charge is 0.453 e. The number of alkyl halides is 10. The first-order valence-electron chi connectivity index (χ1n) is 7.70. The van der Waals surface area contributed by atoms with Gasteiger partial charge in [0, 0.05) is 12.0 Å². The summed E-state index contributed by atoms with van der Waals surface area (Å²) in [5.41, 5.74) is 0. The summed E-state index contributed by atoms with van der Waals surface area (Å²) in [7, 11) is 0. The molecule has 0 fully saturated rings. The van der Waals surface area contributed by atoms with Crippen LogP contribution in [-0.4, -0.2) is 36.8 Å². The Labute approximate surface area is 148 Å². The first-order chi connectivity index (χ1) is 12.0. The lowest BCUT2D eigenvalue weighted by Crippen LogP contribution is -2.46. The molecular formula is C15H18F10O2. The summed E-state index contributed by atoms with van der Waals surface area (Å²) in [5, 5.41) is 0. The van der Waals surface area contributed by atoms with Crippen LogP contribution in [0.4, 0.5) is 43.9 Å². The Balaban J connectivity index is 5.19. The lowest BCUT2D eigenvalue weighted by molar-refractivity contribution is -0.308. The molecule has 27 heavy (non-hydrogen) atoms. The van der Waals surface area contributed by atoms with Gasteiger partial charge in [-0.25, -0.2) is 4.79 Å². The van der Waals surface area contributed by atoms with Gasteiger partial charge in [-0.2, -0.15) is 43.9 Å². The van der Waals surface area contributed by atoms with Crippen LogP contribution < -0.4 is 0 Å². The van der Waals surface area contributed by atoms with Crippen molar-refractivity contribution in [3.63, 3.8) is 0 Å². The van der Waals surface area contributed by atoms with Crippen molar-refractivity contribution in [2.45, 2.75) is 56.8 Å². The Morgan fingerprint density at radius 3 is 1.67 bits per heavy atom. The number of rotatable bonds is 10. The largest absolute Gasteiger partial charge is 0.462 e. The van der Waals surface area contributed by atoms with Crippen molar-refractivity contribution < 1.29 is 53.4 Å². The number of esters is 1. The first kappa shape index (κ1) is 25.5. The van der Waals surface area contributed by atoms with Gasteiger partial charge in [-0.15, -0.1) is 0 Å². The summed E-state index contributed by atoms with van der Waals surface area (Å²) < 4.78 is 132. The summed E-state index contributed by atoms with van der Waals surface area (Å²) in [5.74, 6) is -16.7. The average Bonchev–Trinajstić information content (AvgIpc) is 2.51. The molecule has 0 aromatic carbocycles. The highest BCUT2D eigenvalue weighted by Crippen LogP contribution is 2.46. The predicted molar refractivity (Wildman–Crippen MR) is 74.3 cm³/mol. The molecule has 0 aliphatic rings. The lowest BCUT2D eigenvalue weighted by atomic mass is 9.88. The summed E-state index contributed by atoms with van der Waals surface area (Å²) in [4.78, 5) is 10.9. The van der Waals surface area contributed by atoms with Gasteiger partial charge in [-0.3, -0.25) is 0 Å². The van der Waals surface area contributed by atoms with Crippen molar-refractivity contribution in [1.82, 2.24) is 0 Å². The molecule has 0 aromatic heterocycles. The fourth-order valence-corrected chi connectivity index (χ4v) is 2.33. The molecular weight excluding hydrogens is 402 g/mol. The number of carbonyl (C=O) groups excluding carboxylic acids is 1. The van der Waals surface area contributed by atoms with Gasteiger partial charge < -0.3 is 4.74 Å². The minimum atomic E-state index is -6.02. The molecule has 0 amide bonds. The van der Waals surface area contributed by atoms with Crippen LogP contribution in [0.5, 0.6) is 0 Å². The Morgan fingerprint density at radius 2 is 1.30 bits per heavy atom. The molecule has 160 valence electrons. The minimum absolute atomic E-state index is 0.514. The molecule has 0 aliphatic carbocycles. The van der Waals surface area contributed by atoms with Crippen LogP contribution in [-0.2, 0) is 9.53 Å². The number of ether oxygens (including phenoxy) is 1. The lowest BCUT2D eigenvalue weighted by Gasteiger charge is -2.30. The average molecular weight is 420 g/mol. The second kappa shape index (κ2) is 9.13. The third-order valence-electron chi connectivity index (χ3n) is 3.97. The minimum Gasteiger partial charge on any atom is -0.462 e. The number of halogens is 10. The third kappa shape index (κ3) is 6.56. The molecule has 0 N–H and O–H groups in total. The Bertz CT molecular complexity index is 496. The third-order valence-corrected chi connectivity index (χ3v) is 3.97. The maximum atomic E-state index is 13.5. The predicted octanol–water partition coefficient (Wildman–Crippen LogP) is 5.92. The molecule has 0 aliphatic heterocycles. The van der Waals surface area contributed by atoms with E-state index in [1.807, 2.05) is 0 Å². The van der Waals surface area contributed by atoms with Crippen LogP contribution in [0.25, 0.3) is 0 Å². The van der Waals surface area contributed by atoms with Crippen molar-refractivity contribution in [3.8, 4) is 0 Å². The Hall–Kier alpha value is -1.49. The maximum Gasteiger partial charge on any atom is 0.453 e. The van der Waals surface area contributed by atoms with Gasteiger partial charge in [0.25, 0.3) is 0 Å². The van der Waals surface area contributed by atoms with E-state index in [0.717, 1.165) is 6.92 Å². The van der Waals surface area contributed by atoms with Gasteiger partial charge >= 0.3 is 30.2 Å². The molecule has 0 heterocycles. The van der Waals surface area contributed by atoms with Crippen molar-refractivity contribution in [3.05, 3.63) is 12.7 Å². The van der Waals surface area contributed by atoms with Gasteiger partial charge in [0.2, 0.25) is 0 Å². The number of hydrogen-bond donors (Lipinski definition) is 0. The normalized spacial score (nSPS) is 16.0. The van der Waals surface area contributed by atoms with Crippen LogP contribution >= 0.6 is 0 Å². The van der Waals surface area contributed by atoms with Crippen LogP contribution in [0.3, 0.4) is 0 Å². The zero-order valence-electron chi connectivity index (χ0n) is 14.1. The molecule has 0 radical (unpaired) electrons. The molecule has 0 bridgehead atoms. The standard InChI is InChI=1S/C15H18F10O2/c1-3-9(12(16,17)14(20,21)22)6-5-7-10(8-27-11(26)4-2)13(18,19)15(23,24)25/h4,9-10H,2-3,5-8H2,1H3. The molecule has 2 unspecified atom stereocenters. The van der Waals surface area contributed by atoms with E-state index in [0.29, 0.717) is 6.08 Å². The first-order valence-corrected chi connectivity index (χ1v) is 7.70. The van der Waals surface area contributed by atoms with Crippen LogP contribution in [0.1, 0.15) is 32.6 Å². The summed E-state index contributed by atoms with van der Waals surface area (Å²) in [6, 6.07) is 0.